The SMILES string of the molecule is C[C@@H](NC(=O)c1ccco1)C(=O)N1CCN(Cc2nc3scc(-c4cccs4)c3c(=O)[nH]2)CC1. The van der Waals surface area contributed by atoms with Crippen molar-refractivity contribution >= 4 is 44.7 Å². The zero-order valence-electron chi connectivity index (χ0n) is 18.4. The predicted octanol–water partition coefficient (Wildman–Crippen LogP) is 2.77. The van der Waals surface area contributed by atoms with Crippen LogP contribution in [0.3, 0.4) is 0 Å². The van der Waals surface area contributed by atoms with E-state index in [1.54, 1.807) is 35.3 Å². The topological polar surface area (TPSA) is 112 Å². The second-order valence-electron chi connectivity index (χ2n) is 8.09. The van der Waals surface area contributed by atoms with Crippen LogP contribution in [0.25, 0.3) is 20.7 Å². The number of aromatic nitrogens is 2. The molecule has 0 spiro atoms. The average Bonchev–Trinajstić information content (AvgIpc) is 3.60. The van der Waals surface area contributed by atoms with Crippen molar-refractivity contribution < 1.29 is 14.0 Å². The largest absolute Gasteiger partial charge is 0.459 e. The van der Waals surface area contributed by atoms with E-state index >= 15 is 0 Å². The Kier molecular flexibility index (Phi) is 6.31. The number of hydrogen-bond acceptors (Lipinski definition) is 8. The van der Waals surface area contributed by atoms with Crippen LogP contribution in [0.15, 0.2) is 50.5 Å². The molecule has 5 heterocycles. The second-order valence-corrected chi connectivity index (χ2v) is 9.90. The van der Waals surface area contributed by atoms with Crippen LogP contribution in [-0.4, -0.2) is 63.8 Å². The van der Waals surface area contributed by atoms with E-state index in [0.717, 1.165) is 15.3 Å². The molecule has 11 heteroatoms. The Bertz CT molecular complexity index is 1350. The number of furan rings is 1. The molecule has 0 radical (unpaired) electrons. The van der Waals surface area contributed by atoms with Crippen molar-refractivity contribution in [2.24, 2.45) is 0 Å². The lowest BCUT2D eigenvalue weighted by Crippen LogP contribution is -2.54. The van der Waals surface area contributed by atoms with Gasteiger partial charge in [-0.15, -0.1) is 22.7 Å². The van der Waals surface area contributed by atoms with Crippen molar-refractivity contribution in [3.8, 4) is 10.4 Å². The first kappa shape index (κ1) is 22.5. The fourth-order valence-corrected chi connectivity index (χ4v) is 5.81. The lowest BCUT2D eigenvalue weighted by Gasteiger charge is -2.35. The van der Waals surface area contributed by atoms with Gasteiger partial charge in [0.15, 0.2) is 5.76 Å². The quantitative estimate of drug-likeness (QED) is 0.424. The summed E-state index contributed by atoms with van der Waals surface area (Å²) >= 11 is 3.08. The highest BCUT2D eigenvalue weighted by Crippen LogP contribution is 2.33. The molecule has 1 aliphatic rings. The molecule has 0 aliphatic carbocycles. The Morgan fingerprint density at radius 2 is 2.03 bits per heavy atom. The first-order valence-corrected chi connectivity index (χ1v) is 12.7. The Morgan fingerprint density at radius 3 is 2.74 bits per heavy atom. The van der Waals surface area contributed by atoms with Gasteiger partial charge in [-0.25, -0.2) is 4.98 Å². The van der Waals surface area contributed by atoms with E-state index in [-0.39, 0.29) is 17.2 Å². The number of aromatic amines is 1. The molecule has 2 N–H and O–H groups in total. The number of piperazine rings is 1. The third-order valence-corrected chi connectivity index (χ3v) is 7.58. The number of nitrogens with one attached hydrogen (secondary N) is 2. The van der Waals surface area contributed by atoms with Gasteiger partial charge in [-0.05, 0) is 30.5 Å². The average molecular weight is 498 g/mol. The van der Waals surface area contributed by atoms with Crippen LogP contribution in [0.2, 0.25) is 0 Å². The smallest absolute Gasteiger partial charge is 0.287 e. The summed E-state index contributed by atoms with van der Waals surface area (Å²) in [6, 6.07) is 6.50. The molecule has 2 amide bonds. The third-order valence-electron chi connectivity index (χ3n) is 5.80. The molecule has 34 heavy (non-hydrogen) atoms. The lowest BCUT2D eigenvalue weighted by molar-refractivity contribution is -0.134. The van der Waals surface area contributed by atoms with Gasteiger partial charge in [0.1, 0.15) is 16.7 Å². The van der Waals surface area contributed by atoms with Crippen LogP contribution < -0.4 is 10.9 Å². The van der Waals surface area contributed by atoms with Crippen LogP contribution in [0.5, 0.6) is 0 Å². The maximum atomic E-state index is 12.8. The summed E-state index contributed by atoms with van der Waals surface area (Å²) < 4.78 is 5.07. The van der Waals surface area contributed by atoms with E-state index in [0.29, 0.717) is 43.9 Å². The maximum absolute atomic E-state index is 12.8. The Labute approximate surface area is 203 Å². The highest BCUT2D eigenvalue weighted by molar-refractivity contribution is 7.18. The zero-order valence-corrected chi connectivity index (χ0v) is 20.1. The standard InChI is InChI=1S/C23H23N5O4S2/c1-14(24-20(29)16-4-2-10-32-16)23(31)28-8-6-27(7-9-28)12-18-25-21(30)19-15(13-34-22(19)26-18)17-5-3-11-33-17/h2-5,10-11,13-14H,6-9,12H2,1H3,(H,24,29)(H,25,26,30)/t14-/m1/s1. The number of amides is 2. The first-order chi connectivity index (χ1) is 16.5. The highest BCUT2D eigenvalue weighted by Gasteiger charge is 2.27. The summed E-state index contributed by atoms with van der Waals surface area (Å²) in [5.41, 5.74) is 0.801. The van der Waals surface area contributed by atoms with Crippen LogP contribution in [0.1, 0.15) is 23.3 Å². The fraction of sp³-hybridized carbons (Fsp3) is 0.304. The number of rotatable bonds is 6. The van der Waals surface area contributed by atoms with Gasteiger partial charge >= 0.3 is 0 Å². The summed E-state index contributed by atoms with van der Waals surface area (Å²) in [6.45, 7) is 4.55. The summed E-state index contributed by atoms with van der Waals surface area (Å²) in [5.74, 6) is 0.255. The van der Waals surface area contributed by atoms with Crippen molar-refractivity contribution in [1.82, 2.24) is 25.1 Å². The van der Waals surface area contributed by atoms with Crippen molar-refractivity contribution in [2.75, 3.05) is 26.2 Å². The van der Waals surface area contributed by atoms with Crippen molar-refractivity contribution in [1.29, 1.82) is 0 Å². The number of carbonyl (C=O) groups is 2. The predicted molar refractivity (Wildman–Crippen MR) is 131 cm³/mol. The van der Waals surface area contributed by atoms with E-state index in [1.165, 1.54) is 17.6 Å². The van der Waals surface area contributed by atoms with E-state index < -0.39 is 11.9 Å². The third kappa shape index (κ3) is 4.54. The number of H-pyrrole nitrogens is 1. The molecular formula is C23H23N5O4S2. The summed E-state index contributed by atoms with van der Waals surface area (Å²) in [4.78, 5) is 51.0. The second kappa shape index (κ2) is 9.53. The first-order valence-electron chi connectivity index (χ1n) is 10.9. The van der Waals surface area contributed by atoms with E-state index in [2.05, 4.69) is 20.2 Å². The molecular weight excluding hydrogens is 474 g/mol. The number of hydrogen-bond donors (Lipinski definition) is 2. The monoisotopic (exact) mass is 497 g/mol. The van der Waals surface area contributed by atoms with Crippen LogP contribution >= 0.6 is 22.7 Å². The van der Waals surface area contributed by atoms with Crippen LogP contribution in [0, 0.1) is 0 Å². The van der Waals surface area contributed by atoms with E-state index in [1.807, 2.05) is 22.9 Å². The Hall–Kier alpha value is -3.28. The van der Waals surface area contributed by atoms with Crippen LogP contribution in [0.4, 0.5) is 0 Å². The molecule has 5 rings (SSSR count). The minimum atomic E-state index is -0.652. The molecule has 4 aromatic rings. The molecule has 4 aromatic heterocycles. The highest BCUT2D eigenvalue weighted by atomic mass is 32.1. The number of fused-ring (bicyclic) bond motifs is 1. The lowest BCUT2D eigenvalue weighted by atomic mass is 10.2. The number of carbonyl (C=O) groups excluding carboxylic acids is 2. The van der Waals surface area contributed by atoms with E-state index in [4.69, 9.17) is 4.42 Å². The molecule has 9 nitrogen and oxygen atoms in total. The molecule has 0 aromatic carbocycles. The molecule has 0 saturated carbocycles. The van der Waals surface area contributed by atoms with Gasteiger partial charge in [-0.3, -0.25) is 19.3 Å². The molecule has 1 fully saturated rings. The van der Waals surface area contributed by atoms with Crippen LogP contribution in [-0.2, 0) is 11.3 Å². The molecule has 1 saturated heterocycles. The van der Waals surface area contributed by atoms with Gasteiger partial charge in [0.05, 0.1) is 18.2 Å². The van der Waals surface area contributed by atoms with Crippen molar-refractivity contribution in [3.05, 3.63) is 63.2 Å². The zero-order chi connectivity index (χ0) is 23.7. The Morgan fingerprint density at radius 1 is 1.21 bits per heavy atom. The van der Waals surface area contributed by atoms with Crippen molar-refractivity contribution in [2.45, 2.75) is 19.5 Å². The number of nitrogens with zero attached hydrogens (tertiary/aromatic N) is 3. The normalized spacial score (nSPS) is 15.5. The molecule has 1 aliphatic heterocycles. The minimum absolute atomic E-state index is 0.125. The summed E-state index contributed by atoms with van der Waals surface area (Å²) in [7, 11) is 0. The minimum Gasteiger partial charge on any atom is -0.459 e. The molecule has 1 atom stereocenters. The van der Waals surface area contributed by atoms with Gasteiger partial charge in [-0.2, -0.15) is 0 Å². The van der Waals surface area contributed by atoms with Crippen molar-refractivity contribution in [3.63, 3.8) is 0 Å². The molecule has 0 unspecified atom stereocenters. The Balaban J connectivity index is 1.19. The van der Waals surface area contributed by atoms with Gasteiger partial charge in [-0.1, -0.05) is 6.07 Å². The van der Waals surface area contributed by atoms with E-state index in [9.17, 15) is 14.4 Å². The summed E-state index contributed by atoms with van der Waals surface area (Å²) in [5, 5.41) is 7.29. The van der Waals surface area contributed by atoms with Gasteiger partial charge in [0, 0.05) is 42.0 Å². The summed E-state index contributed by atoms with van der Waals surface area (Å²) in [6.07, 6.45) is 1.42. The fourth-order valence-electron chi connectivity index (χ4n) is 4.03. The van der Waals surface area contributed by atoms with Gasteiger partial charge in [0.2, 0.25) is 5.91 Å². The van der Waals surface area contributed by atoms with Gasteiger partial charge < -0.3 is 19.6 Å². The van der Waals surface area contributed by atoms with Gasteiger partial charge in [0.25, 0.3) is 11.5 Å². The molecule has 176 valence electrons. The maximum Gasteiger partial charge on any atom is 0.287 e. The molecule has 0 bridgehead atoms. The number of thiophene rings is 2.